The van der Waals surface area contributed by atoms with Crippen LogP contribution in [0.3, 0.4) is 0 Å². The van der Waals surface area contributed by atoms with Crippen molar-refractivity contribution in [3.8, 4) is 11.3 Å². The van der Waals surface area contributed by atoms with Gasteiger partial charge in [-0.25, -0.2) is 4.39 Å². The van der Waals surface area contributed by atoms with Crippen LogP contribution in [0.1, 0.15) is 24.4 Å². The third-order valence-electron chi connectivity index (χ3n) is 4.29. The first-order valence-electron chi connectivity index (χ1n) is 8.49. The Morgan fingerprint density at radius 3 is 2.86 bits per heavy atom. The highest BCUT2D eigenvalue weighted by atomic mass is 19.1. The van der Waals surface area contributed by atoms with E-state index in [1.165, 1.54) is 12.1 Å². The first-order valence-corrected chi connectivity index (χ1v) is 8.49. The standard InChI is InChI=1S/C20H17FN4O2.CH4/c1-12-7-15(27-25-12)11-23-19(26)9-17-16-8-14(21)4-5-18(16)24-20(17)13-3-2-6-22-10-13;/h2-8,10,24H,9,11H2,1H3,(H,23,26);1H4. The van der Waals surface area contributed by atoms with E-state index in [9.17, 15) is 9.18 Å². The number of aromatic nitrogens is 3. The SMILES string of the molecule is C.Cc1cc(CNC(=O)Cc2c(-c3cccnc3)[nH]c3ccc(F)cc23)on1. The molecule has 0 unspecified atom stereocenters. The number of benzene rings is 1. The molecule has 4 rings (SSSR count). The molecule has 2 N–H and O–H groups in total. The number of aryl methyl sites for hydroxylation is 1. The van der Waals surface area contributed by atoms with Gasteiger partial charge in [-0.3, -0.25) is 9.78 Å². The number of aromatic amines is 1. The zero-order valence-corrected chi connectivity index (χ0v) is 14.6. The molecule has 0 spiro atoms. The van der Waals surface area contributed by atoms with Crippen molar-refractivity contribution in [1.82, 2.24) is 20.4 Å². The second kappa shape index (κ2) is 8.04. The Morgan fingerprint density at radius 1 is 1.29 bits per heavy atom. The van der Waals surface area contributed by atoms with Gasteiger partial charge < -0.3 is 14.8 Å². The maximum atomic E-state index is 13.8. The van der Waals surface area contributed by atoms with Gasteiger partial charge in [-0.1, -0.05) is 12.6 Å². The summed E-state index contributed by atoms with van der Waals surface area (Å²) >= 11 is 0. The number of halogens is 1. The molecule has 0 bridgehead atoms. The fourth-order valence-electron chi connectivity index (χ4n) is 3.07. The van der Waals surface area contributed by atoms with Crippen molar-refractivity contribution in [2.45, 2.75) is 27.3 Å². The summed E-state index contributed by atoms with van der Waals surface area (Å²) in [7, 11) is 0. The topological polar surface area (TPSA) is 83.8 Å². The van der Waals surface area contributed by atoms with E-state index in [-0.39, 0.29) is 32.1 Å². The molecular formula is C21H21FN4O2. The van der Waals surface area contributed by atoms with Crippen LogP contribution in [0.4, 0.5) is 4.39 Å². The van der Waals surface area contributed by atoms with Gasteiger partial charge in [-0.2, -0.15) is 0 Å². The molecule has 0 radical (unpaired) electrons. The maximum absolute atomic E-state index is 13.8. The van der Waals surface area contributed by atoms with Crippen LogP contribution >= 0.6 is 0 Å². The van der Waals surface area contributed by atoms with E-state index < -0.39 is 0 Å². The highest BCUT2D eigenvalue weighted by molar-refractivity contribution is 5.95. The molecule has 7 heteroatoms. The first kappa shape index (κ1) is 19.3. The summed E-state index contributed by atoms with van der Waals surface area (Å²) < 4.78 is 18.9. The number of H-pyrrole nitrogens is 1. The molecule has 144 valence electrons. The largest absolute Gasteiger partial charge is 0.359 e. The Balaban J connectivity index is 0.00000225. The summed E-state index contributed by atoms with van der Waals surface area (Å²) in [6, 6.07) is 9.98. The Bertz CT molecular complexity index is 1100. The van der Waals surface area contributed by atoms with Crippen LogP contribution in [0.2, 0.25) is 0 Å². The minimum atomic E-state index is -0.349. The van der Waals surface area contributed by atoms with Crippen LogP contribution in [0, 0.1) is 12.7 Å². The molecule has 3 heterocycles. The van der Waals surface area contributed by atoms with Gasteiger partial charge in [0.05, 0.1) is 24.4 Å². The minimum absolute atomic E-state index is 0. The van der Waals surface area contributed by atoms with Crippen molar-refractivity contribution < 1.29 is 13.7 Å². The molecule has 0 aliphatic rings. The average molecular weight is 380 g/mol. The highest BCUT2D eigenvalue weighted by Crippen LogP contribution is 2.31. The zero-order chi connectivity index (χ0) is 18.8. The molecule has 0 fully saturated rings. The Labute approximate surface area is 161 Å². The molecule has 0 saturated carbocycles. The average Bonchev–Trinajstić information content (AvgIpc) is 3.24. The highest BCUT2D eigenvalue weighted by Gasteiger charge is 2.17. The van der Waals surface area contributed by atoms with Gasteiger partial charge in [0.15, 0.2) is 5.76 Å². The molecule has 1 aromatic carbocycles. The van der Waals surface area contributed by atoms with Gasteiger partial charge in [0.2, 0.25) is 5.91 Å². The monoisotopic (exact) mass is 380 g/mol. The van der Waals surface area contributed by atoms with Crippen molar-refractivity contribution in [2.75, 3.05) is 0 Å². The number of amides is 1. The Kier molecular flexibility index (Phi) is 5.54. The maximum Gasteiger partial charge on any atom is 0.224 e. The Hall–Kier alpha value is -3.48. The van der Waals surface area contributed by atoms with Crippen molar-refractivity contribution in [3.05, 3.63) is 71.6 Å². The number of carbonyl (C=O) groups excluding carboxylic acids is 1. The molecule has 6 nitrogen and oxygen atoms in total. The lowest BCUT2D eigenvalue weighted by atomic mass is 10.0. The van der Waals surface area contributed by atoms with Gasteiger partial charge >= 0.3 is 0 Å². The summed E-state index contributed by atoms with van der Waals surface area (Å²) in [5.74, 6) is 0.0377. The van der Waals surface area contributed by atoms with E-state index in [0.29, 0.717) is 11.1 Å². The summed E-state index contributed by atoms with van der Waals surface area (Å²) in [6.07, 6.45) is 3.48. The number of rotatable bonds is 5. The molecular weight excluding hydrogens is 359 g/mol. The van der Waals surface area contributed by atoms with E-state index in [1.807, 2.05) is 19.1 Å². The zero-order valence-electron chi connectivity index (χ0n) is 14.6. The smallest absolute Gasteiger partial charge is 0.224 e. The molecule has 1 amide bonds. The first-order chi connectivity index (χ1) is 13.1. The van der Waals surface area contributed by atoms with Crippen LogP contribution in [0.15, 0.2) is 53.3 Å². The number of nitrogens with zero attached hydrogens (tertiary/aromatic N) is 2. The number of fused-ring (bicyclic) bond motifs is 1. The third-order valence-corrected chi connectivity index (χ3v) is 4.29. The van der Waals surface area contributed by atoms with E-state index in [0.717, 1.165) is 28.0 Å². The normalized spacial score (nSPS) is 10.6. The molecule has 4 aromatic rings. The van der Waals surface area contributed by atoms with Gasteiger partial charge in [0, 0.05) is 34.9 Å². The van der Waals surface area contributed by atoms with Crippen LogP contribution < -0.4 is 5.32 Å². The predicted molar refractivity (Wildman–Crippen MR) is 105 cm³/mol. The summed E-state index contributed by atoms with van der Waals surface area (Å²) in [6.45, 7) is 2.06. The van der Waals surface area contributed by atoms with E-state index >= 15 is 0 Å². The van der Waals surface area contributed by atoms with E-state index in [4.69, 9.17) is 4.52 Å². The summed E-state index contributed by atoms with van der Waals surface area (Å²) in [5, 5.41) is 7.29. The van der Waals surface area contributed by atoms with Crippen LogP contribution in [-0.4, -0.2) is 21.0 Å². The van der Waals surface area contributed by atoms with Crippen LogP contribution in [0.25, 0.3) is 22.2 Å². The fraction of sp³-hybridized carbons (Fsp3) is 0.190. The molecule has 3 aromatic heterocycles. The number of pyridine rings is 1. The molecule has 28 heavy (non-hydrogen) atoms. The third kappa shape index (κ3) is 3.93. The lowest BCUT2D eigenvalue weighted by Gasteiger charge is -2.06. The second-order valence-electron chi connectivity index (χ2n) is 6.30. The van der Waals surface area contributed by atoms with Gasteiger partial charge in [0.25, 0.3) is 0 Å². The summed E-state index contributed by atoms with van der Waals surface area (Å²) in [5.41, 5.74) is 3.84. The van der Waals surface area contributed by atoms with E-state index in [2.05, 4.69) is 20.4 Å². The minimum Gasteiger partial charge on any atom is -0.359 e. The number of nitrogens with one attached hydrogen (secondary N) is 2. The number of hydrogen-bond donors (Lipinski definition) is 2. The quantitative estimate of drug-likeness (QED) is 0.544. The van der Waals surface area contributed by atoms with Crippen molar-refractivity contribution in [2.24, 2.45) is 0 Å². The number of carbonyl (C=O) groups is 1. The van der Waals surface area contributed by atoms with E-state index in [1.54, 1.807) is 24.5 Å². The lowest BCUT2D eigenvalue weighted by Crippen LogP contribution is -2.24. The number of hydrogen-bond acceptors (Lipinski definition) is 4. The van der Waals surface area contributed by atoms with Gasteiger partial charge in [-0.05, 0) is 42.8 Å². The molecule has 0 atom stereocenters. The molecule has 0 aliphatic heterocycles. The van der Waals surface area contributed by atoms with Crippen molar-refractivity contribution in [3.63, 3.8) is 0 Å². The molecule has 0 saturated heterocycles. The second-order valence-corrected chi connectivity index (χ2v) is 6.30. The lowest BCUT2D eigenvalue weighted by molar-refractivity contribution is -0.120. The van der Waals surface area contributed by atoms with Crippen molar-refractivity contribution in [1.29, 1.82) is 0 Å². The van der Waals surface area contributed by atoms with Crippen LogP contribution in [0.5, 0.6) is 0 Å². The van der Waals surface area contributed by atoms with Crippen LogP contribution in [-0.2, 0) is 17.8 Å². The summed E-state index contributed by atoms with van der Waals surface area (Å²) in [4.78, 5) is 19.9. The van der Waals surface area contributed by atoms with Gasteiger partial charge in [-0.15, -0.1) is 0 Å². The van der Waals surface area contributed by atoms with Gasteiger partial charge in [0.1, 0.15) is 5.82 Å². The predicted octanol–water partition coefficient (Wildman–Crippen LogP) is 4.16. The van der Waals surface area contributed by atoms with Crippen molar-refractivity contribution >= 4 is 16.8 Å². The molecule has 0 aliphatic carbocycles. The fourth-order valence-corrected chi connectivity index (χ4v) is 3.07. The Morgan fingerprint density at radius 2 is 2.14 bits per heavy atom.